The summed E-state index contributed by atoms with van der Waals surface area (Å²) >= 11 is 0. The van der Waals surface area contributed by atoms with E-state index in [1.807, 2.05) is 88.4 Å². The van der Waals surface area contributed by atoms with Crippen LogP contribution in [0.4, 0.5) is 31.4 Å². The predicted octanol–water partition coefficient (Wildman–Crippen LogP) is 5.83. The van der Waals surface area contributed by atoms with Crippen molar-refractivity contribution in [3.8, 4) is 0 Å². The first-order chi connectivity index (χ1) is 29.3. The number of urea groups is 1. The second kappa shape index (κ2) is 22.8. The Hall–Kier alpha value is -7.37. The van der Waals surface area contributed by atoms with Crippen LogP contribution in [0.15, 0.2) is 88.7 Å². The highest BCUT2D eigenvalue weighted by Gasteiger charge is 2.27. The molecule has 0 radical (unpaired) electrons. The zero-order chi connectivity index (χ0) is 46.1. The fourth-order valence-electron chi connectivity index (χ4n) is 6.07. The Morgan fingerprint density at radius 3 is 1.84 bits per heavy atom. The zero-order valence-corrected chi connectivity index (χ0v) is 36.4. The van der Waals surface area contributed by atoms with Gasteiger partial charge in [0, 0.05) is 38.3 Å². The molecule has 5 aromatic rings. The van der Waals surface area contributed by atoms with E-state index >= 15 is 0 Å². The molecule has 3 heterocycles. The van der Waals surface area contributed by atoms with Crippen molar-refractivity contribution >= 4 is 64.6 Å². The number of aryl methyl sites for hydroxylation is 2. The van der Waals surface area contributed by atoms with Crippen LogP contribution in [0.3, 0.4) is 0 Å². The van der Waals surface area contributed by atoms with Gasteiger partial charge in [0.1, 0.15) is 13.2 Å². The van der Waals surface area contributed by atoms with Crippen LogP contribution < -0.4 is 38.7 Å². The Balaban J connectivity index is 0.000000223. The second-order valence-electron chi connectivity index (χ2n) is 14.7. The first-order valence-electron chi connectivity index (χ1n) is 19.7. The summed E-state index contributed by atoms with van der Waals surface area (Å²) in [6.45, 7) is 10.1. The minimum atomic E-state index is -0.816. The predicted molar refractivity (Wildman–Crippen MR) is 240 cm³/mol. The molecule has 0 bridgehead atoms. The first-order valence-corrected chi connectivity index (χ1v) is 19.7. The molecule has 1 aliphatic rings. The van der Waals surface area contributed by atoms with E-state index in [1.54, 1.807) is 54.8 Å². The molecule has 1 atom stereocenters. The summed E-state index contributed by atoms with van der Waals surface area (Å²) in [4.78, 5) is 73.5. The number of imidazole rings is 1. The number of amides is 4. The molecular formula is C44H57N9O9. The molecule has 6 rings (SSSR count). The van der Waals surface area contributed by atoms with Crippen LogP contribution in [0.25, 0.3) is 23.3 Å². The molecule has 0 fully saturated rings. The largest absolute Gasteiger partial charge is 0.462 e. The van der Waals surface area contributed by atoms with Crippen molar-refractivity contribution in [2.45, 2.75) is 53.5 Å². The molecule has 0 saturated heterocycles. The third-order valence-electron chi connectivity index (χ3n) is 9.13. The van der Waals surface area contributed by atoms with Crippen molar-refractivity contribution in [2.75, 3.05) is 30.5 Å². The van der Waals surface area contributed by atoms with Gasteiger partial charge in [0.05, 0.1) is 29.9 Å². The second-order valence-corrected chi connectivity index (χ2v) is 14.7. The van der Waals surface area contributed by atoms with E-state index in [4.69, 9.17) is 31.4 Å². The number of carbonyl (C=O) groups excluding carboxylic acids is 4. The van der Waals surface area contributed by atoms with Gasteiger partial charge in [-0.25, -0.2) is 29.0 Å². The highest BCUT2D eigenvalue weighted by atomic mass is 16.6. The lowest BCUT2D eigenvalue weighted by Gasteiger charge is -2.27. The molecule has 2 aromatic heterocycles. The zero-order valence-electron chi connectivity index (χ0n) is 36.4. The molecule has 18 nitrogen and oxygen atoms in total. The molecule has 3 aromatic carbocycles. The molecule has 0 aliphatic carbocycles. The van der Waals surface area contributed by atoms with Gasteiger partial charge in [0.2, 0.25) is 0 Å². The highest BCUT2D eigenvalue weighted by Crippen LogP contribution is 2.35. The summed E-state index contributed by atoms with van der Waals surface area (Å²) in [5.74, 6) is -0.308. The average Bonchev–Trinajstić information content (AvgIpc) is 3.54. The summed E-state index contributed by atoms with van der Waals surface area (Å²) in [6, 6.07) is 21.6. The van der Waals surface area contributed by atoms with Gasteiger partial charge in [-0.15, -0.1) is 0 Å². The number of aromatic nitrogens is 4. The lowest BCUT2D eigenvalue weighted by molar-refractivity contribution is 0.0332. The SMILES string of the molecule is CCCC(C)(COC(N)=O)COC(=O)NC(C)C.CCOC(=O)c1ccc(N)cc1.Cn1c(=O)c2c(ncn2C)n(C)c1=O.NC(=O)N1c2ccccc2C=Cc2ccccc21. The molecule has 332 valence electrons. The van der Waals surface area contributed by atoms with Gasteiger partial charge in [-0.3, -0.25) is 18.8 Å². The number of anilines is 3. The van der Waals surface area contributed by atoms with E-state index in [1.165, 1.54) is 17.9 Å². The van der Waals surface area contributed by atoms with Crippen LogP contribution in [0, 0.1) is 5.41 Å². The van der Waals surface area contributed by atoms with Gasteiger partial charge in [-0.2, -0.15) is 0 Å². The average molecular weight is 856 g/mol. The summed E-state index contributed by atoms with van der Waals surface area (Å²) in [5.41, 5.74) is 20.4. The maximum Gasteiger partial charge on any atom is 0.407 e. The standard InChI is InChI=1S/C15H12N2O.C12H24N2O4.C9H11NO2.C8H10N4O2/c16-15(18)17-13-7-3-1-5-11(13)9-10-12-6-2-4-8-14(12)17;1-5-6-12(4,7-17-10(13)15)8-18-11(16)14-9(2)3;1-2-12-9(11)7-3-5-8(10)6-4-7;1-10-4-9-6-5(10)7(13)12(3)8(14)11(6)2/h1-10H,(H2,16,18);9H,5-8H2,1-4H3,(H2,13,15)(H,14,16);3-6H,2,10H2,1H3;4H,1-3H3. The van der Waals surface area contributed by atoms with Crippen molar-refractivity contribution in [1.29, 1.82) is 0 Å². The summed E-state index contributed by atoms with van der Waals surface area (Å²) in [7, 11) is 4.77. The van der Waals surface area contributed by atoms with Crippen LogP contribution in [-0.4, -0.2) is 68.7 Å². The molecule has 7 N–H and O–H groups in total. The van der Waals surface area contributed by atoms with Gasteiger partial charge in [-0.1, -0.05) is 68.8 Å². The Kier molecular flexibility index (Phi) is 18.1. The van der Waals surface area contributed by atoms with Gasteiger partial charge >= 0.3 is 29.9 Å². The van der Waals surface area contributed by atoms with Gasteiger partial charge in [0.25, 0.3) is 5.56 Å². The van der Waals surface area contributed by atoms with Crippen LogP contribution in [-0.2, 0) is 35.4 Å². The van der Waals surface area contributed by atoms with Crippen molar-refractivity contribution in [2.24, 2.45) is 38.0 Å². The number of hydrogen-bond donors (Lipinski definition) is 4. The number of rotatable bonds is 9. The van der Waals surface area contributed by atoms with Crippen molar-refractivity contribution < 1.29 is 33.4 Å². The van der Waals surface area contributed by atoms with Gasteiger partial charge in [-0.05, 0) is 74.7 Å². The van der Waals surface area contributed by atoms with E-state index in [0.717, 1.165) is 39.9 Å². The monoisotopic (exact) mass is 855 g/mol. The number of carbonyl (C=O) groups is 4. The molecule has 0 saturated carbocycles. The number of para-hydroxylation sites is 2. The summed E-state index contributed by atoms with van der Waals surface area (Å²) < 4.78 is 18.7. The van der Waals surface area contributed by atoms with E-state index in [2.05, 4.69) is 10.3 Å². The molecule has 1 unspecified atom stereocenters. The van der Waals surface area contributed by atoms with Crippen LogP contribution in [0.2, 0.25) is 0 Å². The van der Waals surface area contributed by atoms with Crippen LogP contribution in [0.5, 0.6) is 0 Å². The topological polar surface area (TPSA) is 251 Å². The van der Waals surface area contributed by atoms with Gasteiger partial charge < -0.3 is 41.3 Å². The molecule has 0 spiro atoms. The molecule has 1 aliphatic heterocycles. The van der Waals surface area contributed by atoms with E-state index in [0.29, 0.717) is 29.0 Å². The molecular weight excluding hydrogens is 799 g/mol. The number of nitrogen functional groups attached to an aromatic ring is 1. The van der Waals surface area contributed by atoms with Crippen LogP contribution in [0.1, 0.15) is 68.9 Å². The fourth-order valence-corrected chi connectivity index (χ4v) is 6.07. The number of alkyl carbamates (subject to hydrolysis) is 1. The van der Waals surface area contributed by atoms with Crippen molar-refractivity contribution in [3.63, 3.8) is 0 Å². The Labute approximate surface area is 359 Å². The molecule has 4 amide bonds. The minimum absolute atomic E-state index is 0.0248. The number of esters is 1. The molecule has 62 heavy (non-hydrogen) atoms. The number of hydrogen-bond acceptors (Lipinski definition) is 11. The molecule has 18 heteroatoms. The van der Waals surface area contributed by atoms with Gasteiger partial charge in [0.15, 0.2) is 11.2 Å². The third-order valence-corrected chi connectivity index (χ3v) is 9.13. The fraction of sp³-hybridized carbons (Fsp3) is 0.341. The van der Waals surface area contributed by atoms with E-state index < -0.39 is 23.6 Å². The maximum atomic E-state index is 11.8. The maximum absolute atomic E-state index is 11.8. The lowest BCUT2D eigenvalue weighted by Crippen LogP contribution is -2.37. The Morgan fingerprint density at radius 1 is 0.790 bits per heavy atom. The summed E-state index contributed by atoms with van der Waals surface area (Å²) in [6.07, 6.45) is 5.90. The van der Waals surface area contributed by atoms with E-state index in [-0.39, 0.29) is 36.5 Å². The minimum Gasteiger partial charge on any atom is -0.462 e. The lowest BCUT2D eigenvalue weighted by atomic mass is 9.87. The normalized spacial score (nSPS) is 12.0. The quantitative estimate of drug-likeness (QED) is 0.0780. The summed E-state index contributed by atoms with van der Waals surface area (Å²) in [5, 5.41) is 2.63. The third kappa shape index (κ3) is 13.6. The number of nitrogens with one attached hydrogen (secondary N) is 1. The Bertz CT molecular complexity index is 2420. The number of benzene rings is 3. The number of fused-ring (bicyclic) bond motifs is 3. The van der Waals surface area contributed by atoms with Crippen LogP contribution >= 0.6 is 0 Å². The Morgan fingerprint density at radius 2 is 1.34 bits per heavy atom. The smallest absolute Gasteiger partial charge is 0.407 e. The number of nitrogens with two attached hydrogens (primary N) is 3. The van der Waals surface area contributed by atoms with E-state index in [9.17, 15) is 28.8 Å². The number of nitrogens with zero attached hydrogens (tertiary/aromatic N) is 5. The number of ether oxygens (including phenoxy) is 3. The van der Waals surface area contributed by atoms with Crippen molar-refractivity contribution in [1.82, 2.24) is 24.0 Å². The highest BCUT2D eigenvalue weighted by molar-refractivity contribution is 6.04. The number of primary amides is 2. The first kappa shape index (κ1) is 49.0. The van der Waals surface area contributed by atoms with Crippen molar-refractivity contribution in [3.05, 3.63) is 117 Å².